The average molecular weight is 451 g/mol. The van der Waals surface area contributed by atoms with Gasteiger partial charge in [0.05, 0.1) is 23.5 Å². The lowest BCUT2D eigenvalue weighted by molar-refractivity contribution is -0.0130. The standard InChI is InChI=1S/C26H27FN2O4/c1-25(12-13-29(25)24(31)33-16-18-6-4-3-5-7-18)20-14-22(19-8-10-21(27)11-9-19)28-23(15-20)26(2,32)17-30/h3-11,14-15,30,32H,12-13,16-17H2,1-2H3/t25-,26?/m0/s1. The molecule has 1 aliphatic rings. The maximum absolute atomic E-state index is 13.4. The fraction of sp³-hybridized carbons (Fsp3) is 0.308. The predicted octanol–water partition coefficient (Wildman–Crippen LogP) is 4.35. The Balaban J connectivity index is 1.66. The van der Waals surface area contributed by atoms with Crippen LogP contribution in [0.15, 0.2) is 66.7 Å². The first-order valence-electron chi connectivity index (χ1n) is 10.8. The number of pyridine rings is 1. The number of nitrogens with zero attached hydrogens (tertiary/aromatic N) is 2. The molecule has 0 aliphatic carbocycles. The molecule has 3 aromatic rings. The van der Waals surface area contributed by atoms with Crippen molar-refractivity contribution >= 4 is 6.09 Å². The maximum atomic E-state index is 13.4. The Morgan fingerprint density at radius 3 is 2.48 bits per heavy atom. The van der Waals surface area contributed by atoms with Gasteiger partial charge >= 0.3 is 6.09 Å². The van der Waals surface area contributed by atoms with Gasteiger partial charge < -0.3 is 14.9 Å². The number of likely N-dealkylation sites (tertiary alicyclic amines) is 1. The summed E-state index contributed by atoms with van der Waals surface area (Å²) in [6, 6.07) is 18.9. The van der Waals surface area contributed by atoms with Crippen molar-refractivity contribution in [2.75, 3.05) is 13.2 Å². The molecule has 172 valence electrons. The van der Waals surface area contributed by atoms with Gasteiger partial charge in [-0.05, 0) is 67.8 Å². The van der Waals surface area contributed by atoms with Crippen molar-refractivity contribution in [1.82, 2.24) is 9.88 Å². The van der Waals surface area contributed by atoms with E-state index in [1.54, 1.807) is 23.1 Å². The summed E-state index contributed by atoms with van der Waals surface area (Å²) in [7, 11) is 0. The highest BCUT2D eigenvalue weighted by Crippen LogP contribution is 2.42. The highest BCUT2D eigenvalue weighted by atomic mass is 19.1. The lowest BCUT2D eigenvalue weighted by Gasteiger charge is -2.50. The van der Waals surface area contributed by atoms with Crippen molar-refractivity contribution in [2.24, 2.45) is 0 Å². The number of benzene rings is 2. The SMILES string of the molecule is CC(O)(CO)c1cc([C@]2(C)CCN2C(=O)OCc2ccccc2)cc(-c2ccc(F)cc2)n1. The number of aliphatic hydroxyl groups excluding tert-OH is 1. The van der Waals surface area contributed by atoms with Crippen molar-refractivity contribution in [3.8, 4) is 11.3 Å². The molecule has 1 amide bonds. The zero-order valence-electron chi connectivity index (χ0n) is 18.7. The second kappa shape index (κ2) is 8.92. The molecule has 7 heteroatoms. The van der Waals surface area contributed by atoms with Crippen LogP contribution in [-0.2, 0) is 22.5 Å². The third-order valence-electron chi connectivity index (χ3n) is 6.29. The molecule has 1 aromatic heterocycles. The number of rotatable bonds is 6. The smallest absolute Gasteiger partial charge is 0.410 e. The Hall–Kier alpha value is -3.29. The molecule has 1 saturated heterocycles. The number of amides is 1. The lowest BCUT2D eigenvalue weighted by Crippen LogP contribution is -2.58. The molecule has 2 atom stereocenters. The minimum absolute atomic E-state index is 0.175. The van der Waals surface area contributed by atoms with Crippen LogP contribution in [-0.4, -0.2) is 39.3 Å². The van der Waals surface area contributed by atoms with Gasteiger partial charge in [-0.15, -0.1) is 0 Å². The summed E-state index contributed by atoms with van der Waals surface area (Å²) in [5.74, 6) is -0.365. The van der Waals surface area contributed by atoms with Gasteiger partial charge in [0.15, 0.2) is 0 Å². The van der Waals surface area contributed by atoms with Crippen LogP contribution in [0.2, 0.25) is 0 Å². The first kappa shape index (κ1) is 22.9. The maximum Gasteiger partial charge on any atom is 0.410 e. The first-order valence-corrected chi connectivity index (χ1v) is 10.8. The lowest BCUT2D eigenvalue weighted by atomic mass is 9.79. The molecule has 1 unspecified atom stereocenters. The van der Waals surface area contributed by atoms with Crippen LogP contribution in [0.4, 0.5) is 9.18 Å². The van der Waals surface area contributed by atoms with E-state index in [2.05, 4.69) is 4.98 Å². The summed E-state index contributed by atoms with van der Waals surface area (Å²) in [6.45, 7) is 3.59. The minimum Gasteiger partial charge on any atom is -0.445 e. The summed E-state index contributed by atoms with van der Waals surface area (Å²) in [5, 5.41) is 20.4. The molecule has 0 radical (unpaired) electrons. The summed E-state index contributed by atoms with van der Waals surface area (Å²) >= 11 is 0. The number of hydrogen-bond donors (Lipinski definition) is 2. The number of ether oxygens (including phenoxy) is 1. The van der Waals surface area contributed by atoms with E-state index in [0.717, 1.165) is 11.1 Å². The van der Waals surface area contributed by atoms with E-state index in [4.69, 9.17) is 4.74 Å². The second-order valence-electron chi connectivity index (χ2n) is 8.78. The summed E-state index contributed by atoms with van der Waals surface area (Å²) < 4.78 is 19.0. The van der Waals surface area contributed by atoms with Gasteiger partial charge in [0, 0.05) is 12.1 Å². The minimum atomic E-state index is -1.58. The number of halogens is 1. The van der Waals surface area contributed by atoms with Crippen LogP contribution in [0.25, 0.3) is 11.3 Å². The van der Waals surface area contributed by atoms with Gasteiger partial charge in [-0.2, -0.15) is 0 Å². The van der Waals surface area contributed by atoms with Crippen LogP contribution in [0.5, 0.6) is 0 Å². The van der Waals surface area contributed by atoms with Crippen molar-refractivity contribution in [3.05, 3.63) is 89.4 Å². The summed E-state index contributed by atoms with van der Waals surface area (Å²) in [4.78, 5) is 19.1. The third-order valence-corrected chi connectivity index (χ3v) is 6.29. The first-order chi connectivity index (χ1) is 15.7. The summed E-state index contributed by atoms with van der Waals surface area (Å²) in [6.07, 6.45) is 0.268. The van der Waals surface area contributed by atoms with Crippen molar-refractivity contribution in [1.29, 1.82) is 0 Å². The normalized spacial score (nSPS) is 19.5. The molecule has 0 saturated carbocycles. The van der Waals surface area contributed by atoms with Gasteiger partial charge in [-0.3, -0.25) is 4.90 Å². The van der Waals surface area contributed by atoms with Crippen molar-refractivity contribution < 1.29 is 24.1 Å². The molecule has 0 bridgehead atoms. The van der Waals surface area contributed by atoms with E-state index < -0.39 is 23.8 Å². The summed E-state index contributed by atoms with van der Waals surface area (Å²) in [5.41, 5.74) is 0.846. The number of hydrogen-bond acceptors (Lipinski definition) is 5. The van der Waals surface area contributed by atoms with E-state index >= 15 is 0 Å². The quantitative estimate of drug-likeness (QED) is 0.584. The molecule has 4 rings (SSSR count). The Bertz CT molecular complexity index is 1130. The molecule has 2 aromatic carbocycles. The Kier molecular flexibility index (Phi) is 6.19. The van der Waals surface area contributed by atoms with Crippen LogP contribution in [0, 0.1) is 5.82 Å². The fourth-order valence-corrected chi connectivity index (χ4v) is 3.92. The molecular formula is C26H27FN2O4. The number of carbonyl (C=O) groups is 1. The van der Waals surface area contributed by atoms with Gasteiger partial charge in [-0.25, -0.2) is 14.2 Å². The highest BCUT2D eigenvalue weighted by Gasteiger charge is 2.46. The van der Waals surface area contributed by atoms with E-state index in [-0.39, 0.29) is 18.1 Å². The monoisotopic (exact) mass is 450 g/mol. The zero-order chi connectivity index (χ0) is 23.6. The molecule has 2 heterocycles. The Morgan fingerprint density at radius 1 is 1.18 bits per heavy atom. The Morgan fingerprint density at radius 2 is 1.88 bits per heavy atom. The molecule has 1 aliphatic heterocycles. The van der Waals surface area contributed by atoms with Crippen LogP contribution >= 0.6 is 0 Å². The molecule has 6 nitrogen and oxygen atoms in total. The predicted molar refractivity (Wildman–Crippen MR) is 122 cm³/mol. The van der Waals surface area contributed by atoms with E-state index in [1.807, 2.05) is 43.3 Å². The van der Waals surface area contributed by atoms with E-state index in [0.29, 0.717) is 24.2 Å². The van der Waals surface area contributed by atoms with E-state index in [1.165, 1.54) is 19.1 Å². The number of carbonyl (C=O) groups excluding carboxylic acids is 1. The fourth-order valence-electron chi connectivity index (χ4n) is 3.92. The van der Waals surface area contributed by atoms with Gasteiger partial charge in [0.2, 0.25) is 0 Å². The number of aliphatic hydroxyl groups is 2. The van der Waals surface area contributed by atoms with Crippen LogP contribution < -0.4 is 0 Å². The topological polar surface area (TPSA) is 82.9 Å². The average Bonchev–Trinajstić information content (AvgIpc) is 2.82. The molecule has 33 heavy (non-hydrogen) atoms. The van der Waals surface area contributed by atoms with Crippen LogP contribution in [0.3, 0.4) is 0 Å². The van der Waals surface area contributed by atoms with Gasteiger partial charge in [0.25, 0.3) is 0 Å². The molecule has 2 N–H and O–H groups in total. The zero-order valence-corrected chi connectivity index (χ0v) is 18.7. The second-order valence-corrected chi connectivity index (χ2v) is 8.78. The van der Waals surface area contributed by atoms with Gasteiger partial charge in [-0.1, -0.05) is 30.3 Å². The largest absolute Gasteiger partial charge is 0.445 e. The molecule has 1 fully saturated rings. The number of aromatic nitrogens is 1. The van der Waals surface area contributed by atoms with Crippen molar-refractivity contribution in [3.63, 3.8) is 0 Å². The molecule has 0 spiro atoms. The highest BCUT2D eigenvalue weighted by molar-refractivity contribution is 5.71. The third kappa shape index (κ3) is 4.60. The van der Waals surface area contributed by atoms with Crippen LogP contribution in [0.1, 0.15) is 37.1 Å². The van der Waals surface area contributed by atoms with Crippen molar-refractivity contribution in [2.45, 2.75) is 38.0 Å². The van der Waals surface area contributed by atoms with Gasteiger partial charge in [0.1, 0.15) is 18.0 Å². The Labute approximate surface area is 192 Å². The van der Waals surface area contributed by atoms with E-state index in [9.17, 15) is 19.4 Å². The molecular weight excluding hydrogens is 423 g/mol.